The first-order valence-electron chi connectivity index (χ1n) is 5.62. The molecule has 0 fully saturated rings. The molecule has 0 aliphatic rings. The number of halogens is 1. The van der Waals surface area contributed by atoms with Crippen molar-refractivity contribution in [1.82, 2.24) is 0 Å². The first-order chi connectivity index (χ1) is 8.87. The van der Waals surface area contributed by atoms with E-state index in [0.29, 0.717) is 5.02 Å². The van der Waals surface area contributed by atoms with Crippen LogP contribution in [0.15, 0.2) is 30.3 Å². The number of Topliss-reactive ketones (excluding diaryl/α,β-unsaturated/α-hetero) is 1. The Labute approximate surface area is 116 Å². The highest BCUT2D eigenvalue weighted by molar-refractivity contribution is 6.30. The molecule has 102 valence electrons. The predicted molar refractivity (Wildman–Crippen MR) is 72.7 cm³/mol. The summed E-state index contributed by atoms with van der Waals surface area (Å²) in [5.74, 6) is -1.18. The van der Waals surface area contributed by atoms with E-state index < -0.39 is 11.6 Å². The number of rotatable bonds is 5. The summed E-state index contributed by atoms with van der Waals surface area (Å²) in [5.41, 5.74) is -1.20. The van der Waals surface area contributed by atoms with Crippen molar-refractivity contribution in [2.45, 2.75) is 18.9 Å². The van der Waals surface area contributed by atoms with Crippen LogP contribution in [0.2, 0.25) is 5.02 Å². The molecule has 0 aliphatic carbocycles. The van der Waals surface area contributed by atoms with Crippen LogP contribution in [0.3, 0.4) is 0 Å². The molecule has 4 nitrogen and oxygen atoms in total. The van der Waals surface area contributed by atoms with E-state index in [1.807, 2.05) is 0 Å². The maximum absolute atomic E-state index is 11.5. The monoisotopic (exact) mass is 282 g/mol. The average Bonchev–Trinajstić information content (AvgIpc) is 2.36. The standard InChI is InChI=1S/C14H15ClO4/c1-10(16)9-14(18,13(17)19-2)8-7-11-3-5-12(15)6-4-11/h3-8,18H,9H2,1-2H3/b8-7+/t14-/m1/s1. The topological polar surface area (TPSA) is 63.6 Å². The summed E-state index contributed by atoms with van der Waals surface area (Å²) >= 11 is 5.75. The van der Waals surface area contributed by atoms with E-state index in [4.69, 9.17) is 11.6 Å². The Hall–Kier alpha value is -1.65. The lowest BCUT2D eigenvalue weighted by Crippen LogP contribution is -2.39. The summed E-state index contributed by atoms with van der Waals surface area (Å²) < 4.78 is 4.51. The molecule has 19 heavy (non-hydrogen) atoms. The van der Waals surface area contributed by atoms with Gasteiger partial charge >= 0.3 is 5.97 Å². The molecule has 5 heteroatoms. The molecule has 0 unspecified atom stereocenters. The number of aliphatic hydroxyl groups is 1. The number of esters is 1. The fraction of sp³-hybridized carbons (Fsp3) is 0.286. The second kappa shape index (κ2) is 6.50. The Morgan fingerprint density at radius 3 is 2.42 bits per heavy atom. The Balaban J connectivity index is 2.97. The van der Waals surface area contributed by atoms with Crippen molar-refractivity contribution < 1.29 is 19.4 Å². The maximum atomic E-state index is 11.5. The number of hydrogen-bond donors (Lipinski definition) is 1. The highest BCUT2D eigenvalue weighted by Gasteiger charge is 2.35. The van der Waals surface area contributed by atoms with Crippen LogP contribution in [-0.2, 0) is 14.3 Å². The number of ketones is 1. The van der Waals surface area contributed by atoms with Crippen LogP contribution < -0.4 is 0 Å². The molecule has 0 aliphatic heterocycles. The summed E-state index contributed by atoms with van der Waals surface area (Å²) in [6.07, 6.45) is 2.46. The molecule has 0 radical (unpaired) electrons. The van der Waals surface area contributed by atoms with Crippen molar-refractivity contribution in [3.8, 4) is 0 Å². The van der Waals surface area contributed by atoms with Gasteiger partial charge in [0, 0.05) is 11.4 Å². The quantitative estimate of drug-likeness (QED) is 0.841. The van der Waals surface area contributed by atoms with Gasteiger partial charge in [-0.15, -0.1) is 0 Å². The minimum atomic E-state index is -1.94. The third-order valence-corrected chi connectivity index (χ3v) is 2.73. The lowest BCUT2D eigenvalue weighted by atomic mass is 9.96. The van der Waals surface area contributed by atoms with Crippen LogP contribution in [0.25, 0.3) is 6.08 Å². The van der Waals surface area contributed by atoms with Gasteiger partial charge in [0.1, 0.15) is 5.78 Å². The van der Waals surface area contributed by atoms with E-state index in [0.717, 1.165) is 12.7 Å². The average molecular weight is 283 g/mol. The molecular weight excluding hydrogens is 268 g/mol. The van der Waals surface area contributed by atoms with Gasteiger partial charge in [-0.25, -0.2) is 4.79 Å². The van der Waals surface area contributed by atoms with Gasteiger partial charge in [0.25, 0.3) is 0 Å². The van der Waals surface area contributed by atoms with E-state index in [-0.39, 0.29) is 12.2 Å². The van der Waals surface area contributed by atoms with E-state index in [9.17, 15) is 14.7 Å². The first-order valence-corrected chi connectivity index (χ1v) is 6.00. The van der Waals surface area contributed by atoms with Crippen molar-refractivity contribution in [2.75, 3.05) is 7.11 Å². The van der Waals surface area contributed by atoms with Crippen LogP contribution in [0, 0.1) is 0 Å². The minimum Gasteiger partial charge on any atom is -0.467 e. The minimum absolute atomic E-state index is 0.311. The Morgan fingerprint density at radius 1 is 1.37 bits per heavy atom. The summed E-state index contributed by atoms with van der Waals surface area (Å²) in [7, 11) is 1.16. The molecule has 0 saturated carbocycles. The van der Waals surface area contributed by atoms with Crippen LogP contribution in [0.1, 0.15) is 18.9 Å². The summed E-state index contributed by atoms with van der Waals surface area (Å²) in [4.78, 5) is 22.7. The first kappa shape index (κ1) is 15.4. The zero-order valence-corrected chi connectivity index (χ0v) is 11.5. The van der Waals surface area contributed by atoms with Gasteiger partial charge in [0.05, 0.1) is 7.11 Å². The zero-order chi connectivity index (χ0) is 14.5. The number of methoxy groups -OCH3 is 1. The molecule has 0 heterocycles. The number of hydrogen-bond acceptors (Lipinski definition) is 4. The van der Waals surface area contributed by atoms with Crippen molar-refractivity contribution >= 4 is 29.4 Å². The van der Waals surface area contributed by atoms with Crippen molar-refractivity contribution in [2.24, 2.45) is 0 Å². The van der Waals surface area contributed by atoms with Gasteiger partial charge in [0.15, 0.2) is 5.60 Å². The van der Waals surface area contributed by atoms with Gasteiger partial charge in [-0.3, -0.25) is 4.79 Å². The highest BCUT2D eigenvalue weighted by atomic mass is 35.5. The van der Waals surface area contributed by atoms with Gasteiger partial charge < -0.3 is 9.84 Å². The molecule has 1 atom stereocenters. The zero-order valence-electron chi connectivity index (χ0n) is 10.7. The predicted octanol–water partition coefficient (Wildman–Crippen LogP) is 2.24. The molecule has 1 aromatic rings. The smallest absolute Gasteiger partial charge is 0.342 e. The lowest BCUT2D eigenvalue weighted by molar-refractivity contribution is -0.159. The molecule has 0 amide bonds. The van der Waals surface area contributed by atoms with Gasteiger partial charge in [-0.2, -0.15) is 0 Å². The van der Waals surface area contributed by atoms with Gasteiger partial charge in [0.2, 0.25) is 0 Å². The van der Waals surface area contributed by atoms with Crippen molar-refractivity contribution in [3.05, 3.63) is 40.9 Å². The SMILES string of the molecule is COC(=O)[C@@](O)(/C=C/c1ccc(Cl)cc1)CC(C)=O. The molecule has 1 rings (SSSR count). The van der Waals surface area contributed by atoms with E-state index in [2.05, 4.69) is 4.74 Å². The molecule has 0 bridgehead atoms. The van der Waals surface area contributed by atoms with E-state index >= 15 is 0 Å². The number of carbonyl (C=O) groups excluding carboxylic acids is 2. The maximum Gasteiger partial charge on any atom is 0.342 e. The van der Waals surface area contributed by atoms with E-state index in [1.54, 1.807) is 24.3 Å². The molecule has 1 N–H and O–H groups in total. The Morgan fingerprint density at radius 2 is 1.95 bits per heavy atom. The fourth-order valence-corrected chi connectivity index (χ4v) is 1.69. The number of benzene rings is 1. The third kappa shape index (κ3) is 4.50. The second-order valence-electron chi connectivity index (χ2n) is 4.18. The molecule has 0 saturated heterocycles. The highest BCUT2D eigenvalue weighted by Crippen LogP contribution is 2.18. The lowest BCUT2D eigenvalue weighted by Gasteiger charge is -2.19. The second-order valence-corrected chi connectivity index (χ2v) is 4.62. The van der Waals surface area contributed by atoms with E-state index in [1.165, 1.54) is 19.1 Å². The Kier molecular flexibility index (Phi) is 5.27. The summed E-state index contributed by atoms with van der Waals surface area (Å²) in [6, 6.07) is 6.82. The normalized spacial score (nSPS) is 14.1. The molecule has 1 aromatic carbocycles. The van der Waals surface area contributed by atoms with Crippen molar-refractivity contribution in [1.29, 1.82) is 0 Å². The van der Waals surface area contributed by atoms with Crippen molar-refractivity contribution in [3.63, 3.8) is 0 Å². The summed E-state index contributed by atoms with van der Waals surface area (Å²) in [6.45, 7) is 1.30. The number of ether oxygens (including phenoxy) is 1. The van der Waals surface area contributed by atoms with Gasteiger partial charge in [-0.1, -0.05) is 29.8 Å². The molecule has 0 aromatic heterocycles. The third-order valence-electron chi connectivity index (χ3n) is 2.48. The van der Waals surface area contributed by atoms with Crippen LogP contribution in [0.4, 0.5) is 0 Å². The largest absolute Gasteiger partial charge is 0.467 e. The number of carbonyl (C=O) groups is 2. The van der Waals surface area contributed by atoms with Gasteiger partial charge in [-0.05, 0) is 30.7 Å². The van der Waals surface area contributed by atoms with Crippen LogP contribution in [-0.4, -0.2) is 29.6 Å². The Bertz CT molecular complexity index is 493. The molecular formula is C14H15ClO4. The fourth-order valence-electron chi connectivity index (χ4n) is 1.56. The van der Waals surface area contributed by atoms with Crippen LogP contribution in [0.5, 0.6) is 0 Å². The summed E-state index contributed by atoms with van der Waals surface area (Å²) in [5, 5.41) is 10.7. The molecule has 0 spiro atoms. The van der Waals surface area contributed by atoms with Crippen LogP contribution >= 0.6 is 11.6 Å².